The lowest BCUT2D eigenvalue weighted by Crippen LogP contribution is -2.04. The van der Waals surface area contributed by atoms with Crippen molar-refractivity contribution in [2.24, 2.45) is 5.16 Å². The van der Waals surface area contributed by atoms with E-state index >= 15 is 0 Å². The van der Waals surface area contributed by atoms with E-state index < -0.39 is 0 Å². The van der Waals surface area contributed by atoms with Gasteiger partial charge in [0.1, 0.15) is 5.75 Å². The van der Waals surface area contributed by atoms with E-state index in [1.54, 1.807) is 13.1 Å². The van der Waals surface area contributed by atoms with E-state index in [9.17, 15) is 0 Å². The van der Waals surface area contributed by atoms with Gasteiger partial charge in [-0.3, -0.25) is 0 Å². The molecule has 2 aromatic rings. The molecule has 2 rings (SSSR count). The normalized spacial score (nSPS) is 11.4. The molecule has 0 saturated heterocycles. The zero-order chi connectivity index (χ0) is 14.4. The van der Waals surface area contributed by atoms with Crippen LogP contribution < -0.4 is 4.74 Å². The van der Waals surface area contributed by atoms with E-state index in [0.717, 1.165) is 11.3 Å². The van der Waals surface area contributed by atoms with Crippen LogP contribution in [0.25, 0.3) is 11.4 Å². The van der Waals surface area contributed by atoms with E-state index in [-0.39, 0.29) is 0 Å². The molecule has 0 spiro atoms. The Labute approximate surface area is 117 Å². The van der Waals surface area contributed by atoms with Crippen LogP contribution in [0.15, 0.2) is 35.6 Å². The topological polar surface area (TPSA) is 80.5 Å². The Bertz CT molecular complexity index is 614. The van der Waals surface area contributed by atoms with Crippen molar-refractivity contribution in [3.63, 3.8) is 0 Å². The molecule has 6 heteroatoms. The van der Waals surface area contributed by atoms with Crippen molar-refractivity contribution in [3.05, 3.63) is 36.2 Å². The molecule has 0 saturated carbocycles. The number of hydrogen-bond donors (Lipinski definition) is 1. The molecule has 0 aliphatic heterocycles. The van der Waals surface area contributed by atoms with Crippen molar-refractivity contribution in [3.8, 4) is 17.1 Å². The number of rotatable bonds is 5. The molecule has 6 nitrogen and oxygen atoms in total. The van der Waals surface area contributed by atoms with Gasteiger partial charge >= 0.3 is 0 Å². The van der Waals surface area contributed by atoms with Gasteiger partial charge in [0.2, 0.25) is 0 Å². The van der Waals surface area contributed by atoms with Crippen LogP contribution in [0.2, 0.25) is 0 Å². The highest BCUT2D eigenvalue weighted by molar-refractivity contribution is 5.83. The van der Waals surface area contributed by atoms with Crippen LogP contribution in [-0.2, 0) is 6.42 Å². The van der Waals surface area contributed by atoms with E-state index in [4.69, 9.17) is 9.94 Å². The fourth-order valence-electron chi connectivity index (χ4n) is 1.77. The lowest BCUT2D eigenvalue weighted by atomic mass is 10.2. The summed E-state index contributed by atoms with van der Waals surface area (Å²) in [5.74, 6) is 1.22. The molecule has 0 amide bonds. The number of para-hydroxylation sites is 1. The standard InChI is InChI=1S/C14H16N4O2/c1-3-20-13-7-5-4-6-12(13)14-16-11(9-15-17-14)8-10(2)18-19/h4-7,9,19H,3,8H2,1-2H3. The van der Waals surface area contributed by atoms with Crippen LogP contribution in [0.4, 0.5) is 0 Å². The maximum Gasteiger partial charge on any atom is 0.185 e. The SMILES string of the molecule is CCOc1ccccc1-c1nncc(CC(C)=NO)n1. The maximum atomic E-state index is 8.70. The third-order valence-corrected chi connectivity index (χ3v) is 2.64. The zero-order valence-corrected chi connectivity index (χ0v) is 11.4. The summed E-state index contributed by atoms with van der Waals surface area (Å²) in [6, 6.07) is 7.55. The second-order valence-corrected chi connectivity index (χ2v) is 4.21. The van der Waals surface area contributed by atoms with E-state index in [1.165, 1.54) is 0 Å². The molecule has 1 aromatic carbocycles. The van der Waals surface area contributed by atoms with Crippen LogP contribution >= 0.6 is 0 Å². The molecule has 104 valence electrons. The minimum Gasteiger partial charge on any atom is -0.493 e. The Morgan fingerprint density at radius 3 is 2.90 bits per heavy atom. The maximum absolute atomic E-state index is 8.70. The van der Waals surface area contributed by atoms with Gasteiger partial charge in [-0.05, 0) is 26.0 Å². The van der Waals surface area contributed by atoms with Crippen LogP contribution in [0.1, 0.15) is 19.5 Å². The lowest BCUT2D eigenvalue weighted by molar-refractivity contribution is 0.317. The summed E-state index contributed by atoms with van der Waals surface area (Å²) in [5, 5.41) is 19.8. The fraction of sp³-hybridized carbons (Fsp3) is 0.286. The number of oxime groups is 1. The molecule has 1 N–H and O–H groups in total. The molecule has 0 bridgehead atoms. The summed E-state index contributed by atoms with van der Waals surface area (Å²) >= 11 is 0. The first kappa shape index (κ1) is 13.9. The van der Waals surface area contributed by atoms with Gasteiger partial charge in [-0.1, -0.05) is 17.3 Å². The number of aromatic nitrogens is 3. The number of ether oxygens (including phenoxy) is 1. The number of hydrogen-bond acceptors (Lipinski definition) is 6. The highest BCUT2D eigenvalue weighted by Crippen LogP contribution is 2.26. The summed E-state index contributed by atoms with van der Waals surface area (Å²) in [6.45, 7) is 4.21. The fourth-order valence-corrected chi connectivity index (χ4v) is 1.77. The molecule has 0 unspecified atom stereocenters. The highest BCUT2D eigenvalue weighted by atomic mass is 16.5. The smallest absolute Gasteiger partial charge is 0.185 e. The predicted molar refractivity (Wildman–Crippen MR) is 75.0 cm³/mol. The lowest BCUT2D eigenvalue weighted by Gasteiger charge is -2.08. The van der Waals surface area contributed by atoms with Gasteiger partial charge in [-0.15, -0.1) is 5.10 Å². The summed E-state index contributed by atoms with van der Waals surface area (Å²) in [7, 11) is 0. The van der Waals surface area contributed by atoms with Crippen molar-refractivity contribution < 1.29 is 9.94 Å². The van der Waals surface area contributed by atoms with Crippen LogP contribution in [0, 0.1) is 0 Å². The summed E-state index contributed by atoms with van der Waals surface area (Å²) < 4.78 is 5.56. The van der Waals surface area contributed by atoms with Crippen molar-refractivity contribution in [2.75, 3.05) is 6.61 Å². The Hall–Kier alpha value is -2.50. The average Bonchev–Trinajstić information content (AvgIpc) is 2.48. The van der Waals surface area contributed by atoms with Crippen molar-refractivity contribution in [1.82, 2.24) is 15.2 Å². The quantitative estimate of drug-likeness (QED) is 0.513. The Kier molecular flexibility index (Phi) is 4.60. The van der Waals surface area contributed by atoms with Gasteiger partial charge in [-0.25, -0.2) is 4.98 Å². The second kappa shape index (κ2) is 6.60. The zero-order valence-electron chi connectivity index (χ0n) is 11.4. The monoisotopic (exact) mass is 272 g/mol. The van der Waals surface area contributed by atoms with Crippen LogP contribution in [-0.4, -0.2) is 32.7 Å². The molecule has 0 atom stereocenters. The first-order valence-corrected chi connectivity index (χ1v) is 6.33. The van der Waals surface area contributed by atoms with Crippen LogP contribution in [0.5, 0.6) is 5.75 Å². The van der Waals surface area contributed by atoms with Crippen LogP contribution in [0.3, 0.4) is 0 Å². The number of nitrogens with zero attached hydrogens (tertiary/aromatic N) is 4. The highest BCUT2D eigenvalue weighted by Gasteiger charge is 2.10. The van der Waals surface area contributed by atoms with Crippen molar-refractivity contribution >= 4 is 5.71 Å². The molecule has 0 radical (unpaired) electrons. The largest absolute Gasteiger partial charge is 0.493 e. The van der Waals surface area contributed by atoms with Gasteiger partial charge in [0.25, 0.3) is 0 Å². The van der Waals surface area contributed by atoms with Gasteiger partial charge in [0, 0.05) is 6.42 Å². The van der Waals surface area contributed by atoms with Gasteiger partial charge in [0.05, 0.1) is 29.8 Å². The minimum absolute atomic E-state index is 0.426. The molecular weight excluding hydrogens is 256 g/mol. The Balaban J connectivity index is 2.36. The van der Waals surface area contributed by atoms with E-state index in [2.05, 4.69) is 20.3 Å². The summed E-state index contributed by atoms with van der Waals surface area (Å²) in [5.41, 5.74) is 2.05. The van der Waals surface area contributed by atoms with Gasteiger partial charge in [0.15, 0.2) is 5.82 Å². The molecule has 20 heavy (non-hydrogen) atoms. The first-order chi connectivity index (χ1) is 9.74. The van der Waals surface area contributed by atoms with E-state index in [1.807, 2.05) is 31.2 Å². The average molecular weight is 272 g/mol. The Morgan fingerprint density at radius 2 is 2.15 bits per heavy atom. The van der Waals surface area contributed by atoms with Crippen molar-refractivity contribution in [1.29, 1.82) is 0 Å². The summed E-state index contributed by atoms with van der Waals surface area (Å²) in [4.78, 5) is 4.43. The van der Waals surface area contributed by atoms with Crippen molar-refractivity contribution in [2.45, 2.75) is 20.3 Å². The molecule has 1 aromatic heterocycles. The van der Waals surface area contributed by atoms with E-state index in [0.29, 0.717) is 30.3 Å². The second-order valence-electron chi connectivity index (χ2n) is 4.21. The Morgan fingerprint density at radius 1 is 1.35 bits per heavy atom. The molecule has 0 fully saturated rings. The third kappa shape index (κ3) is 3.28. The number of benzene rings is 1. The van der Waals surface area contributed by atoms with Gasteiger partial charge < -0.3 is 9.94 Å². The predicted octanol–water partition coefficient (Wildman–Crippen LogP) is 2.33. The van der Waals surface area contributed by atoms with Gasteiger partial charge in [-0.2, -0.15) is 5.10 Å². The molecule has 1 heterocycles. The molecule has 0 aliphatic carbocycles. The third-order valence-electron chi connectivity index (χ3n) is 2.64. The molecular formula is C14H16N4O2. The summed E-state index contributed by atoms with van der Waals surface area (Å²) in [6.07, 6.45) is 1.98. The first-order valence-electron chi connectivity index (χ1n) is 6.33. The molecule has 0 aliphatic rings. The minimum atomic E-state index is 0.426.